The molecule has 4 heteroatoms. The zero-order valence-corrected chi connectivity index (χ0v) is 7.74. The molecule has 0 aliphatic heterocycles. The highest BCUT2D eigenvalue weighted by Gasteiger charge is 2.10. The van der Waals surface area contributed by atoms with E-state index in [9.17, 15) is 10.0 Å². The van der Waals surface area contributed by atoms with Crippen molar-refractivity contribution in [2.75, 3.05) is 10.9 Å². The van der Waals surface area contributed by atoms with E-state index in [4.69, 9.17) is 11.6 Å². The third kappa shape index (κ3) is 2.72. The van der Waals surface area contributed by atoms with E-state index < -0.39 is 5.91 Å². The summed E-state index contributed by atoms with van der Waals surface area (Å²) < 4.78 is 0. The lowest BCUT2D eigenvalue weighted by atomic mass is 10.3. The van der Waals surface area contributed by atoms with E-state index in [0.29, 0.717) is 10.8 Å². The van der Waals surface area contributed by atoms with Gasteiger partial charge in [0.1, 0.15) is 0 Å². The molecule has 1 aromatic rings. The zero-order chi connectivity index (χ0) is 9.68. The maximum absolute atomic E-state index is 11.1. The quantitative estimate of drug-likeness (QED) is 0.460. The molecule has 1 aromatic carbocycles. The smallest absolute Gasteiger partial charge is 0.251 e. The minimum atomic E-state index is -0.402. The Kier molecular flexibility index (Phi) is 3.73. The van der Waals surface area contributed by atoms with Gasteiger partial charge in [0.25, 0.3) is 5.91 Å². The van der Waals surface area contributed by atoms with Crippen molar-refractivity contribution in [2.45, 2.75) is 6.42 Å². The molecule has 0 saturated carbocycles. The molecule has 1 N–H and O–H groups in total. The number of carbonyl (C=O) groups excluding carboxylic acids is 1. The van der Waals surface area contributed by atoms with Crippen molar-refractivity contribution in [1.82, 2.24) is 0 Å². The average Bonchev–Trinajstić information content (AvgIpc) is 2.18. The predicted molar refractivity (Wildman–Crippen MR) is 51.1 cm³/mol. The van der Waals surface area contributed by atoms with Crippen LogP contribution in [0.15, 0.2) is 30.3 Å². The van der Waals surface area contributed by atoms with Crippen LogP contribution in [0, 0.1) is 0 Å². The summed E-state index contributed by atoms with van der Waals surface area (Å²) in [5.41, 5.74) is 0.456. The van der Waals surface area contributed by atoms with E-state index in [1.165, 1.54) is 0 Å². The number of rotatable bonds is 3. The number of halogens is 1. The second-order valence-corrected chi connectivity index (χ2v) is 2.86. The van der Waals surface area contributed by atoms with Gasteiger partial charge in [0, 0.05) is 12.3 Å². The summed E-state index contributed by atoms with van der Waals surface area (Å²) in [4.78, 5) is 11.1. The third-order valence-electron chi connectivity index (χ3n) is 1.55. The summed E-state index contributed by atoms with van der Waals surface area (Å²) >= 11 is 5.37. The van der Waals surface area contributed by atoms with Crippen molar-refractivity contribution in [3.63, 3.8) is 0 Å². The SMILES string of the molecule is O=C(CCCl)N(O)c1ccccc1. The van der Waals surface area contributed by atoms with Crippen molar-refractivity contribution < 1.29 is 10.0 Å². The first-order chi connectivity index (χ1) is 6.25. The van der Waals surface area contributed by atoms with Crippen LogP contribution in [0.5, 0.6) is 0 Å². The summed E-state index contributed by atoms with van der Waals surface area (Å²) in [7, 11) is 0. The number of hydrogen-bond acceptors (Lipinski definition) is 2. The molecule has 0 aliphatic carbocycles. The molecule has 3 nitrogen and oxygen atoms in total. The molecule has 1 rings (SSSR count). The van der Waals surface area contributed by atoms with Crippen molar-refractivity contribution in [3.8, 4) is 0 Å². The van der Waals surface area contributed by atoms with Crippen molar-refractivity contribution >= 4 is 23.2 Å². The minimum absolute atomic E-state index is 0.132. The third-order valence-corrected chi connectivity index (χ3v) is 1.73. The van der Waals surface area contributed by atoms with Gasteiger partial charge in [-0.1, -0.05) is 18.2 Å². The fourth-order valence-corrected chi connectivity index (χ4v) is 1.06. The van der Waals surface area contributed by atoms with Crippen LogP contribution in [-0.4, -0.2) is 17.0 Å². The fourth-order valence-electron chi connectivity index (χ4n) is 0.900. The Hall–Kier alpha value is -1.06. The lowest BCUT2D eigenvalue weighted by Gasteiger charge is -2.13. The minimum Gasteiger partial charge on any atom is -0.281 e. The number of carbonyl (C=O) groups is 1. The number of para-hydroxylation sites is 1. The number of anilines is 1. The first-order valence-corrected chi connectivity index (χ1v) is 4.42. The summed E-state index contributed by atoms with van der Waals surface area (Å²) in [6.45, 7) is 0. The van der Waals surface area contributed by atoms with Gasteiger partial charge in [-0.3, -0.25) is 10.0 Å². The molecule has 13 heavy (non-hydrogen) atoms. The Morgan fingerprint density at radius 1 is 1.38 bits per heavy atom. The van der Waals surface area contributed by atoms with Gasteiger partial charge in [0.15, 0.2) is 0 Å². The van der Waals surface area contributed by atoms with Gasteiger partial charge in [-0.25, -0.2) is 0 Å². The summed E-state index contributed by atoms with van der Waals surface area (Å²) in [6.07, 6.45) is 0.132. The topological polar surface area (TPSA) is 40.5 Å². The normalized spacial score (nSPS) is 9.69. The molecule has 0 saturated heterocycles. The molecule has 0 fully saturated rings. The van der Waals surface area contributed by atoms with Gasteiger partial charge >= 0.3 is 0 Å². The molecule has 0 aliphatic rings. The first-order valence-electron chi connectivity index (χ1n) is 3.88. The van der Waals surface area contributed by atoms with E-state index in [1.807, 2.05) is 6.07 Å². The standard InChI is InChI=1S/C9H10ClNO2/c10-7-6-9(12)11(13)8-4-2-1-3-5-8/h1-5,13H,6-7H2. The van der Waals surface area contributed by atoms with E-state index in [-0.39, 0.29) is 12.3 Å². The zero-order valence-electron chi connectivity index (χ0n) is 6.98. The second kappa shape index (κ2) is 4.84. The van der Waals surface area contributed by atoms with Crippen LogP contribution < -0.4 is 5.06 Å². The van der Waals surface area contributed by atoms with Gasteiger partial charge in [-0.05, 0) is 12.1 Å². The molecule has 0 bridgehead atoms. The highest BCUT2D eigenvalue weighted by Crippen LogP contribution is 2.11. The highest BCUT2D eigenvalue weighted by molar-refractivity contribution is 6.19. The maximum atomic E-state index is 11.1. The maximum Gasteiger partial charge on any atom is 0.251 e. The van der Waals surface area contributed by atoms with Gasteiger partial charge in [0.05, 0.1) is 5.69 Å². The number of amides is 1. The van der Waals surface area contributed by atoms with Gasteiger partial charge in [-0.15, -0.1) is 11.6 Å². The summed E-state index contributed by atoms with van der Waals surface area (Å²) in [6, 6.07) is 8.58. The molecule has 0 heterocycles. The fraction of sp³-hybridized carbons (Fsp3) is 0.222. The van der Waals surface area contributed by atoms with Crippen LogP contribution in [0.3, 0.4) is 0 Å². The lowest BCUT2D eigenvalue weighted by molar-refractivity contribution is -0.123. The second-order valence-electron chi connectivity index (χ2n) is 2.48. The lowest BCUT2D eigenvalue weighted by Crippen LogP contribution is -2.26. The van der Waals surface area contributed by atoms with E-state index in [2.05, 4.69) is 0 Å². The van der Waals surface area contributed by atoms with Crippen LogP contribution >= 0.6 is 11.6 Å². The number of alkyl halides is 1. The van der Waals surface area contributed by atoms with E-state index in [1.54, 1.807) is 24.3 Å². The molecule has 1 amide bonds. The molecule has 70 valence electrons. The van der Waals surface area contributed by atoms with Crippen LogP contribution in [0.2, 0.25) is 0 Å². The molecule has 0 radical (unpaired) electrons. The molecule has 0 atom stereocenters. The van der Waals surface area contributed by atoms with Crippen molar-refractivity contribution in [2.24, 2.45) is 0 Å². The molecular formula is C9H10ClNO2. The number of nitrogens with zero attached hydrogens (tertiary/aromatic N) is 1. The number of hydroxylamine groups is 1. The summed E-state index contributed by atoms with van der Waals surface area (Å²) in [5.74, 6) is -0.191. The van der Waals surface area contributed by atoms with E-state index in [0.717, 1.165) is 0 Å². The van der Waals surface area contributed by atoms with Crippen LogP contribution in [0.1, 0.15) is 6.42 Å². The van der Waals surface area contributed by atoms with Gasteiger partial charge in [-0.2, -0.15) is 5.06 Å². The Morgan fingerprint density at radius 3 is 2.54 bits per heavy atom. The Morgan fingerprint density at radius 2 is 2.00 bits per heavy atom. The molecular weight excluding hydrogens is 190 g/mol. The first kappa shape index (κ1) is 10.0. The monoisotopic (exact) mass is 199 g/mol. The Labute approximate surface area is 81.5 Å². The van der Waals surface area contributed by atoms with Crippen LogP contribution in [0.25, 0.3) is 0 Å². The van der Waals surface area contributed by atoms with Crippen molar-refractivity contribution in [3.05, 3.63) is 30.3 Å². The Bertz CT molecular complexity index is 276. The molecule has 0 spiro atoms. The van der Waals surface area contributed by atoms with Crippen LogP contribution in [0.4, 0.5) is 5.69 Å². The van der Waals surface area contributed by atoms with Gasteiger partial charge < -0.3 is 0 Å². The number of hydrogen-bond donors (Lipinski definition) is 1. The highest BCUT2D eigenvalue weighted by atomic mass is 35.5. The molecule has 0 aromatic heterocycles. The summed E-state index contributed by atoms with van der Waals surface area (Å²) in [5, 5.41) is 9.96. The van der Waals surface area contributed by atoms with Crippen LogP contribution in [-0.2, 0) is 4.79 Å². The van der Waals surface area contributed by atoms with Crippen molar-refractivity contribution in [1.29, 1.82) is 0 Å². The molecule has 0 unspecified atom stereocenters. The average molecular weight is 200 g/mol. The van der Waals surface area contributed by atoms with Gasteiger partial charge in [0.2, 0.25) is 0 Å². The largest absolute Gasteiger partial charge is 0.281 e. The van der Waals surface area contributed by atoms with E-state index >= 15 is 0 Å². The Balaban J connectivity index is 2.68. The predicted octanol–water partition coefficient (Wildman–Crippen LogP) is 2.04. The number of benzene rings is 1.